The number of aromatic nitrogens is 2. The second kappa shape index (κ2) is 4.15. The molecule has 1 aromatic rings. The van der Waals surface area contributed by atoms with E-state index in [0.29, 0.717) is 5.92 Å². The maximum Gasteiger partial charge on any atom is 0.0646 e. The first-order valence-corrected chi connectivity index (χ1v) is 5.19. The van der Waals surface area contributed by atoms with E-state index in [2.05, 4.69) is 26.1 Å². The van der Waals surface area contributed by atoms with E-state index in [1.54, 1.807) is 6.20 Å². The van der Waals surface area contributed by atoms with Crippen LogP contribution in [0.4, 0.5) is 0 Å². The summed E-state index contributed by atoms with van der Waals surface area (Å²) in [5, 5.41) is 7.96. The molecule has 2 heterocycles. The zero-order valence-electron chi connectivity index (χ0n) is 7.24. The second-order valence-corrected chi connectivity index (χ2v) is 4.21. The Hall–Kier alpha value is -0.480. The molecule has 0 radical (unpaired) electrons. The molecule has 1 aromatic heterocycles. The fraction of sp³-hybridized carbons (Fsp3) is 0.556. The lowest BCUT2D eigenvalue weighted by Crippen LogP contribution is -2.05. The van der Waals surface area contributed by atoms with Crippen LogP contribution in [0.3, 0.4) is 0 Å². The standard InChI is InChI=1S/C9H11BrN2O/c10-8-4-9(12-11-5-8)3-7-1-2-13-6-7/h4-5,7H,1-3,6H2. The molecule has 1 aliphatic heterocycles. The minimum absolute atomic E-state index is 0.628. The van der Waals surface area contributed by atoms with Crippen molar-refractivity contribution in [1.29, 1.82) is 0 Å². The number of nitrogens with zero attached hydrogens (tertiary/aromatic N) is 2. The van der Waals surface area contributed by atoms with Gasteiger partial charge in [-0.2, -0.15) is 10.2 Å². The Balaban J connectivity index is 2.00. The Labute approximate surface area is 85.6 Å². The SMILES string of the molecule is Brc1cnnc(CC2CCOC2)c1. The monoisotopic (exact) mass is 242 g/mol. The average molecular weight is 243 g/mol. The van der Waals surface area contributed by atoms with Gasteiger partial charge in [-0.1, -0.05) is 0 Å². The molecule has 0 N–H and O–H groups in total. The quantitative estimate of drug-likeness (QED) is 0.794. The summed E-state index contributed by atoms with van der Waals surface area (Å²) in [5.41, 5.74) is 1.05. The Morgan fingerprint density at radius 1 is 1.62 bits per heavy atom. The summed E-state index contributed by atoms with van der Waals surface area (Å²) in [6, 6.07) is 2.02. The topological polar surface area (TPSA) is 35.0 Å². The van der Waals surface area contributed by atoms with Crippen LogP contribution in [-0.2, 0) is 11.2 Å². The molecule has 0 bridgehead atoms. The number of hydrogen-bond donors (Lipinski definition) is 0. The predicted octanol–water partition coefficient (Wildman–Crippen LogP) is 1.82. The molecule has 2 rings (SSSR count). The van der Waals surface area contributed by atoms with Crippen molar-refractivity contribution >= 4 is 15.9 Å². The lowest BCUT2D eigenvalue weighted by Gasteiger charge is -2.05. The van der Waals surface area contributed by atoms with Crippen LogP contribution in [0.2, 0.25) is 0 Å². The van der Waals surface area contributed by atoms with Gasteiger partial charge in [0.1, 0.15) is 0 Å². The van der Waals surface area contributed by atoms with Gasteiger partial charge in [-0.3, -0.25) is 0 Å². The highest BCUT2D eigenvalue weighted by molar-refractivity contribution is 9.10. The van der Waals surface area contributed by atoms with E-state index in [1.165, 1.54) is 0 Å². The summed E-state index contributed by atoms with van der Waals surface area (Å²) in [6.07, 6.45) is 3.83. The van der Waals surface area contributed by atoms with E-state index >= 15 is 0 Å². The second-order valence-electron chi connectivity index (χ2n) is 3.30. The van der Waals surface area contributed by atoms with Crippen molar-refractivity contribution < 1.29 is 4.74 Å². The highest BCUT2D eigenvalue weighted by atomic mass is 79.9. The minimum atomic E-state index is 0.628. The summed E-state index contributed by atoms with van der Waals surface area (Å²) in [6.45, 7) is 1.76. The lowest BCUT2D eigenvalue weighted by atomic mass is 10.0. The normalized spacial score (nSPS) is 22.1. The van der Waals surface area contributed by atoms with Crippen LogP contribution in [0.25, 0.3) is 0 Å². The maximum absolute atomic E-state index is 5.30. The van der Waals surface area contributed by atoms with Crippen LogP contribution in [0.5, 0.6) is 0 Å². The van der Waals surface area contributed by atoms with Gasteiger partial charge in [0.2, 0.25) is 0 Å². The van der Waals surface area contributed by atoms with Crippen LogP contribution in [0.15, 0.2) is 16.7 Å². The number of hydrogen-bond acceptors (Lipinski definition) is 3. The largest absolute Gasteiger partial charge is 0.381 e. The van der Waals surface area contributed by atoms with Crippen LogP contribution >= 0.6 is 15.9 Å². The number of halogens is 1. The summed E-state index contributed by atoms with van der Waals surface area (Å²) in [4.78, 5) is 0. The maximum atomic E-state index is 5.30. The highest BCUT2D eigenvalue weighted by Gasteiger charge is 2.16. The van der Waals surface area contributed by atoms with Gasteiger partial charge in [-0.05, 0) is 40.8 Å². The van der Waals surface area contributed by atoms with Gasteiger partial charge in [0.05, 0.1) is 11.9 Å². The average Bonchev–Trinajstić information content (AvgIpc) is 2.57. The third kappa shape index (κ3) is 2.48. The molecular weight excluding hydrogens is 232 g/mol. The van der Waals surface area contributed by atoms with Crippen LogP contribution in [0, 0.1) is 5.92 Å². The summed E-state index contributed by atoms with van der Waals surface area (Å²) >= 11 is 3.38. The molecule has 0 aliphatic carbocycles. The summed E-state index contributed by atoms with van der Waals surface area (Å²) in [7, 11) is 0. The lowest BCUT2D eigenvalue weighted by molar-refractivity contribution is 0.185. The molecule has 13 heavy (non-hydrogen) atoms. The van der Waals surface area contributed by atoms with E-state index in [-0.39, 0.29) is 0 Å². The molecular formula is C9H11BrN2O. The molecule has 0 aromatic carbocycles. The Kier molecular flexibility index (Phi) is 2.90. The molecule has 0 amide bonds. The van der Waals surface area contributed by atoms with Crippen molar-refractivity contribution in [3.8, 4) is 0 Å². The van der Waals surface area contributed by atoms with Gasteiger partial charge < -0.3 is 4.74 Å². The zero-order chi connectivity index (χ0) is 9.10. The molecule has 1 saturated heterocycles. The van der Waals surface area contributed by atoms with Crippen LogP contribution in [-0.4, -0.2) is 23.4 Å². The van der Waals surface area contributed by atoms with Crippen molar-refractivity contribution in [3.63, 3.8) is 0 Å². The third-order valence-electron chi connectivity index (χ3n) is 2.19. The fourth-order valence-electron chi connectivity index (χ4n) is 1.52. The van der Waals surface area contributed by atoms with E-state index in [4.69, 9.17) is 4.74 Å². The molecule has 1 atom stereocenters. The highest BCUT2D eigenvalue weighted by Crippen LogP contribution is 2.18. The molecule has 4 heteroatoms. The van der Waals surface area contributed by atoms with E-state index < -0.39 is 0 Å². The summed E-state index contributed by atoms with van der Waals surface area (Å²) in [5.74, 6) is 0.628. The Morgan fingerprint density at radius 3 is 3.23 bits per heavy atom. The first-order chi connectivity index (χ1) is 6.34. The van der Waals surface area contributed by atoms with E-state index in [9.17, 15) is 0 Å². The third-order valence-corrected chi connectivity index (χ3v) is 2.63. The van der Waals surface area contributed by atoms with Crippen molar-refractivity contribution in [2.45, 2.75) is 12.8 Å². The molecule has 1 fully saturated rings. The Bertz CT molecular complexity index is 287. The smallest absolute Gasteiger partial charge is 0.0646 e. The van der Waals surface area contributed by atoms with Gasteiger partial charge in [-0.15, -0.1) is 0 Å². The van der Waals surface area contributed by atoms with Crippen LogP contribution in [0.1, 0.15) is 12.1 Å². The van der Waals surface area contributed by atoms with Gasteiger partial charge >= 0.3 is 0 Å². The van der Waals surface area contributed by atoms with E-state index in [0.717, 1.165) is 36.2 Å². The van der Waals surface area contributed by atoms with Gasteiger partial charge in [0.25, 0.3) is 0 Å². The molecule has 0 spiro atoms. The van der Waals surface area contributed by atoms with Crippen molar-refractivity contribution in [2.75, 3.05) is 13.2 Å². The van der Waals surface area contributed by atoms with Gasteiger partial charge in [-0.25, -0.2) is 0 Å². The first kappa shape index (κ1) is 9.09. The van der Waals surface area contributed by atoms with Gasteiger partial charge in [0.15, 0.2) is 0 Å². The number of rotatable bonds is 2. The first-order valence-electron chi connectivity index (χ1n) is 4.39. The minimum Gasteiger partial charge on any atom is -0.381 e. The molecule has 1 aliphatic rings. The molecule has 0 saturated carbocycles. The van der Waals surface area contributed by atoms with Gasteiger partial charge in [0, 0.05) is 17.7 Å². The fourth-order valence-corrected chi connectivity index (χ4v) is 1.88. The zero-order valence-corrected chi connectivity index (χ0v) is 8.83. The van der Waals surface area contributed by atoms with Crippen molar-refractivity contribution in [1.82, 2.24) is 10.2 Å². The summed E-state index contributed by atoms with van der Waals surface area (Å²) < 4.78 is 6.30. The van der Waals surface area contributed by atoms with Crippen molar-refractivity contribution in [2.24, 2.45) is 5.92 Å². The van der Waals surface area contributed by atoms with Crippen LogP contribution < -0.4 is 0 Å². The van der Waals surface area contributed by atoms with E-state index in [1.807, 2.05) is 6.07 Å². The molecule has 3 nitrogen and oxygen atoms in total. The molecule has 70 valence electrons. The molecule has 1 unspecified atom stereocenters. The Morgan fingerprint density at radius 2 is 2.54 bits per heavy atom. The van der Waals surface area contributed by atoms with Crippen molar-refractivity contribution in [3.05, 3.63) is 22.4 Å². The predicted molar refractivity (Wildman–Crippen MR) is 52.4 cm³/mol. The number of ether oxygens (including phenoxy) is 1.